The van der Waals surface area contributed by atoms with Crippen molar-refractivity contribution < 1.29 is 18.8 Å². The lowest BCUT2D eigenvalue weighted by molar-refractivity contribution is -0.127. The fourth-order valence-electron chi connectivity index (χ4n) is 3.69. The Labute approximate surface area is 194 Å². The zero-order valence-corrected chi connectivity index (χ0v) is 18.6. The average Bonchev–Trinajstić information content (AvgIpc) is 3.20. The number of imide groups is 1. The van der Waals surface area contributed by atoms with Crippen LogP contribution in [0, 0.1) is 19.7 Å². The van der Waals surface area contributed by atoms with Crippen LogP contribution in [-0.2, 0) is 9.59 Å². The summed E-state index contributed by atoms with van der Waals surface area (Å²) >= 11 is 5.98. The number of hydrogen-bond donors (Lipinski definition) is 2. The van der Waals surface area contributed by atoms with Gasteiger partial charge in [0.05, 0.1) is 5.69 Å². The Bertz CT molecular complexity index is 1300. The van der Waals surface area contributed by atoms with Crippen LogP contribution in [-0.4, -0.2) is 33.9 Å². The van der Waals surface area contributed by atoms with Crippen LogP contribution in [0.3, 0.4) is 0 Å². The van der Waals surface area contributed by atoms with Gasteiger partial charge in [-0.25, -0.2) is 14.1 Å². The third kappa shape index (κ3) is 4.51. The van der Waals surface area contributed by atoms with Crippen molar-refractivity contribution in [3.8, 4) is 5.69 Å². The molecule has 4 amide bonds. The van der Waals surface area contributed by atoms with E-state index in [1.807, 2.05) is 36.6 Å². The van der Waals surface area contributed by atoms with Crippen LogP contribution in [0.4, 0.5) is 14.9 Å². The molecule has 4 rings (SSSR count). The lowest BCUT2D eigenvalue weighted by atomic mass is 10.2. The van der Waals surface area contributed by atoms with Crippen LogP contribution in [0.2, 0.25) is 5.02 Å². The van der Waals surface area contributed by atoms with Crippen molar-refractivity contribution in [3.63, 3.8) is 0 Å². The number of rotatable bonds is 5. The van der Waals surface area contributed by atoms with Crippen molar-refractivity contribution in [2.24, 2.45) is 0 Å². The van der Waals surface area contributed by atoms with Gasteiger partial charge in [0.1, 0.15) is 18.1 Å². The minimum atomic E-state index is -0.721. The number of halogens is 2. The van der Waals surface area contributed by atoms with Gasteiger partial charge in [0.2, 0.25) is 5.91 Å². The number of para-hydroxylation sites is 1. The molecule has 2 N–H and O–H groups in total. The number of amides is 4. The van der Waals surface area contributed by atoms with Gasteiger partial charge in [-0.3, -0.25) is 9.59 Å². The van der Waals surface area contributed by atoms with Crippen molar-refractivity contribution in [3.05, 3.63) is 88.1 Å². The Kier molecular flexibility index (Phi) is 6.02. The second kappa shape index (κ2) is 8.91. The zero-order chi connectivity index (χ0) is 23.7. The Hall–Kier alpha value is -3.91. The monoisotopic (exact) mass is 466 g/mol. The molecular formula is C24H20ClFN4O3. The average molecular weight is 467 g/mol. The Balaban J connectivity index is 1.53. The van der Waals surface area contributed by atoms with Crippen LogP contribution in [0.5, 0.6) is 0 Å². The highest BCUT2D eigenvalue weighted by Gasteiger charge is 2.35. The molecule has 33 heavy (non-hydrogen) atoms. The summed E-state index contributed by atoms with van der Waals surface area (Å²) in [7, 11) is 0. The second-order valence-corrected chi connectivity index (χ2v) is 7.98. The maximum atomic E-state index is 13.7. The van der Waals surface area contributed by atoms with E-state index in [9.17, 15) is 18.8 Å². The number of benzene rings is 2. The quantitative estimate of drug-likeness (QED) is 0.431. The maximum Gasteiger partial charge on any atom is 0.329 e. The highest BCUT2D eigenvalue weighted by molar-refractivity contribution is 6.30. The molecule has 168 valence electrons. The fourth-order valence-corrected chi connectivity index (χ4v) is 3.81. The molecule has 0 spiro atoms. The van der Waals surface area contributed by atoms with Gasteiger partial charge in [-0.15, -0.1) is 0 Å². The smallest absolute Gasteiger partial charge is 0.322 e. The molecule has 3 aromatic rings. The van der Waals surface area contributed by atoms with Gasteiger partial charge in [0.25, 0.3) is 5.91 Å². The molecule has 0 saturated carbocycles. The van der Waals surface area contributed by atoms with Gasteiger partial charge in [-0.05, 0) is 68.0 Å². The minimum Gasteiger partial charge on any atom is -0.322 e. The Morgan fingerprint density at radius 2 is 1.82 bits per heavy atom. The van der Waals surface area contributed by atoms with Crippen LogP contribution in [0.15, 0.2) is 60.3 Å². The first-order valence-corrected chi connectivity index (χ1v) is 10.5. The molecule has 1 fully saturated rings. The molecule has 1 aromatic heterocycles. The van der Waals surface area contributed by atoms with Crippen molar-refractivity contribution in [1.82, 2.24) is 14.8 Å². The van der Waals surface area contributed by atoms with Gasteiger partial charge in [-0.1, -0.05) is 23.7 Å². The molecule has 0 radical (unpaired) electrons. The maximum absolute atomic E-state index is 13.7. The second-order valence-electron chi connectivity index (χ2n) is 7.55. The van der Waals surface area contributed by atoms with Crippen molar-refractivity contribution >= 4 is 41.2 Å². The van der Waals surface area contributed by atoms with Gasteiger partial charge in [0, 0.05) is 22.1 Å². The highest BCUT2D eigenvalue weighted by atomic mass is 35.5. The van der Waals surface area contributed by atoms with Gasteiger partial charge < -0.3 is 15.2 Å². The van der Waals surface area contributed by atoms with Crippen LogP contribution in [0.25, 0.3) is 11.8 Å². The Morgan fingerprint density at radius 1 is 1.12 bits per heavy atom. The van der Waals surface area contributed by atoms with E-state index in [2.05, 4.69) is 10.6 Å². The van der Waals surface area contributed by atoms with E-state index in [0.29, 0.717) is 5.02 Å². The summed E-state index contributed by atoms with van der Waals surface area (Å²) in [6.07, 6.45) is 1.57. The number of nitrogens with zero attached hydrogens (tertiary/aromatic N) is 2. The Morgan fingerprint density at radius 3 is 2.52 bits per heavy atom. The summed E-state index contributed by atoms with van der Waals surface area (Å²) in [6.45, 7) is 3.28. The molecule has 0 aliphatic carbocycles. The first kappa shape index (κ1) is 22.3. The van der Waals surface area contributed by atoms with E-state index in [4.69, 9.17) is 11.6 Å². The van der Waals surface area contributed by atoms with E-state index < -0.39 is 30.2 Å². The summed E-state index contributed by atoms with van der Waals surface area (Å²) in [6, 6.07) is 14.2. The van der Waals surface area contributed by atoms with Crippen LogP contribution >= 0.6 is 11.6 Å². The summed E-state index contributed by atoms with van der Waals surface area (Å²) in [5.74, 6) is -1.94. The number of carbonyl (C=O) groups is 3. The third-order valence-electron chi connectivity index (χ3n) is 5.27. The molecule has 1 aliphatic rings. The predicted octanol–water partition coefficient (Wildman–Crippen LogP) is 4.42. The summed E-state index contributed by atoms with van der Waals surface area (Å²) < 4.78 is 15.7. The number of carbonyl (C=O) groups excluding carboxylic acids is 3. The topological polar surface area (TPSA) is 83.4 Å². The molecule has 2 aromatic carbocycles. The zero-order valence-electron chi connectivity index (χ0n) is 17.9. The number of aryl methyl sites for hydroxylation is 1. The lowest BCUT2D eigenvalue weighted by Gasteiger charge is -2.12. The highest BCUT2D eigenvalue weighted by Crippen LogP contribution is 2.25. The predicted molar refractivity (Wildman–Crippen MR) is 124 cm³/mol. The van der Waals surface area contributed by atoms with Crippen molar-refractivity contribution in [2.75, 3.05) is 11.9 Å². The number of hydrogen-bond acceptors (Lipinski definition) is 3. The molecule has 9 heteroatoms. The molecule has 1 saturated heterocycles. The van der Waals surface area contributed by atoms with Crippen LogP contribution in [0.1, 0.15) is 17.0 Å². The molecule has 0 bridgehead atoms. The van der Waals surface area contributed by atoms with E-state index in [1.165, 1.54) is 18.2 Å². The first-order valence-electron chi connectivity index (χ1n) is 10.1. The minimum absolute atomic E-state index is 0.0278. The van der Waals surface area contributed by atoms with Crippen molar-refractivity contribution in [2.45, 2.75) is 13.8 Å². The van der Waals surface area contributed by atoms with E-state index in [-0.39, 0.29) is 11.4 Å². The van der Waals surface area contributed by atoms with Crippen molar-refractivity contribution in [1.29, 1.82) is 0 Å². The van der Waals surface area contributed by atoms with Gasteiger partial charge >= 0.3 is 6.03 Å². The molecule has 0 atom stereocenters. The third-order valence-corrected chi connectivity index (χ3v) is 5.52. The summed E-state index contributed by atoms with van der Waals surface area (Å²) in [5.41, 5.74) is 3.46. The fraction of sp³-hybridized carbons (Fsp3) is 0.125. The molecule has 1 aliphatic heterocycles. The van der Waals surface area contributed by atoms with E-state index >= 15 is 0 Å². The lowest BCUT2D eigenvalue weighted by Crippen LogP contribution is -2.38. The number of aromatic nitrogens is 1. The normalized spacial score (nSPS) is 14.7. The van der Waals surface area contributed by atoms with Gasteiger partial charge in [0.15, 0.2) is 0 Å². The standard InChI is InChI=1S/C24H20ClFN4O3/c1-14-11-16(15(2)30(14)18-9-7-17(25)8-10-18)12-21-23(32)29(24(33)28-21)13-22(31)27-20-6-4-3-5-19(20)26/h3-12H,13H2,1-2H3,(H,27,31)(H,28,33)/b21-12-. The molecule has 7 nitrogen and oxygen atoms in total. The molecular weight excluding hydrogens is 447 g/mol. The number of nitrogens with one attached hydrogen (secondary N) is 2. The molecule has 0 unspecified atom stereocenters. The summed E-state index contributed by atoms with van der Waals surface area (Å²) in [4.78, 5) is 38.2. The van der Waals surface area contributed by atoms with E-state index in [0.717, 1.165) is 27.5 Å². The van der Waals surface area contributed by atoms with Crippen LogP contribution < -0.4 is 10.6 Å². The van der Waals surface area contributed by atoms with E-state index in [1.54, 1.807) is 24.3 Å². The first-order chi connectivity index (χ1) is 15.7. The number of anilines is 1. The van der Waals surface area contributed by atoms with Gasteiger partial charge in [-0.2, -0.15) is 0 Å². The molecule has 2 heterocycles. The largest absolute Gasteiger partial charge is 0.329 e. The number of urea groups is 1. The summed E-state index contributed by atoms with van der Waals surface area (Å²) in [5, 5.41) is 5.50. The SMILES string of the molecule is Cc1cc(/C=C2\NC(=O)N(CC(=O)Nc3ccccc3F)C2=O)c(C)n1-c1ccc(Cl)cc1.